The van der Waals surface area contributed by atoms with Gasteiger partial charge in [-0.2, -0.15) is 18.3 Å². The maximum atomic E-state index is 13.3. The molecule has 69 heavy (non-hydrogen) atoms. The Morgan fingerprint density at radius 2 is 0.797 bits per heavy atom. The Bertz CT molecular complexity index is 3390. The fourth-order valence-corrected chi connectivity index (χ4v) is 7.79. The number of aromatic nitrogens is 4. The second kappa shape index (κ2) is 20.2. The van der Waals surface area contributed by atoms with Crippen molar-refractivity contribution in [3.05, 3.63) is 267 Å². The fraction of sp³-hybridized carbons (Fsp3) is 0. The molecule has 0 fully saturated rings. The van der Waals surface area contributed by atoms with E-state index in [0.717, 1.165) is 62.1 Å². The first kappa shape index (κ1) is 43.2. The van der Waals surface area contributed by atoms with Gasteiger partial charge in [0.05, 0.1) is 5.69 Å². The lowest BCUT2D eigenvalue weighted by Crippen LogP contribution is -2.30. The SMILES string of the molecule is O=C(Nc1ccc(-[n+]2ccc(-c3cc[n+](-c4cccc(NC(=O)c5ccccc5)c4)cc3)cc2)cc1)c1ccc(-[n+]2ccc(-c3cc[n+](-c4cccc(N=COc5ccccc5)c4)cc3)cc2)cc1. The molecule has 0 atom stereocenters. The largest absolute Gasteiger partial charge is 0.446 e. The molecule has 0 spiro atoms. The Kier molecular flexibility index (Phi) is 12.7. The van der Waals surface area contributed by atoms with E-state index in [9.17, 15) is 9.59 Å². The lowest BCUT2D eigenvalue weighted by Gasteiger charge is -2.06. The topological polar surface area (TPSA) is 95.3 Å². The van der Waals surface area contributed by atoms with E-state index in [-0.39, 0.29) is 11.8 Å². The third-order valence-corrected chi connectivity index (χ3v) is 11.5. The van der Waals surface area contributed by atoms with Gasteiger partial charge >= 0.3 is 0 Å². The van der Waals surface area contributed by atoms with Crippen molar-refractivity contribution in [2.75, 3.05) is 10.6 Å². The first-order valence-electron chi connectivity index (χ1n) is 22.4. The number of carbonyl (C=O) groups excluding carboxylic acids is 2. The van der Waals surface area contributed by atoms with E-state index in [1.807, 2.05) is 209 Å². The van der Waals surface area contributed by atoms with Crippen molar-refractivity contribution < 1.29 is 32.6 Å². The molecule has 2 amide bonds. The number of pyridine rings is 4. The minimum atomic E-state index is -0.184. The van der Waals surface area contributed by atoms with Gasteiger partial charge in [0, 0.05) is 120 Å². The van der Waals surface area contributed by atoms with Gasteiger partial charge in [-0.25, -0.2) is 4.99 Å². The number of anilines is 2. The second-order valence-electron chi connectivity index (χ2n) is 16.1. The van der Waals surface area contributed by atoms with Crippen LogP contribution in [0.2, 0.25) is 0 Å². The summed E-state index contributed by atoms with van der Waals surface area (Å²) >= 11 is 0. The van der Waals surface area contributed by atoms with Crippen molar-refractivity contribution in [2.45, 2.75) is 0 Å². The standard InChI is InChI=1S/C59H43N7O3/c67-58(48-9-3-1-4-10-48)62-52-12-8-14-56(42-52)66-39-31-47(32-40-66)45-27-35-64(36-28-45)54-23-19-50(20-24-54)61-59(68)49-17-21-53(22-18-49)63-33-25-44(26-34-63)46-29-37-65(38-30-46)55-13-7-11-51(41-55)60-43-69-57-15-5-2-6-16-57/h1-43H/q+2/p+2. The first-order valence-corrected chi connectivity index (χ1v) is 22.4. The van der Waals surface area contributed by atoms with Crippen molar-refractivity contribution in [2.24, 2.45) is 4.99 Å². The van der Waals surface area contributed by atoms with E-state index in [2.05, 4.69) is 68.7 Å². The van der Waals surface area contributed by atoms with Crippen LogP contribution in [-0.2, 0) is 0 Å². The number of nitrogens with zero attached hydrogens (tertiary/aromatic N) is 5. The molecule has 10 rings (SSSR count). The Balaban J connectivity index is 0.715. The van der Waals surface area contributed by atoms with Crippen LogP contribution >= 0.6 is 0 Å². The number of amides is 2. The molecular formula is C59H45N7O3+4. The van der Waals surface area contributed by atoms with Gasteiger partial charge in [0.2, 0.25) is 22.7 Å². The van der Waals surface area contributed by atoms with Crippen LogP contribution in [0.5, 0.6) is 5.75 Å². The number of benzene rings is 6. The summed E-state index contributed by atoms with van der Waals surface area (Å²) in [6.07, 6.45) is 17.6. The highest BCUT2D eigenvalue weighted by Crippen LogP contribution is 2.21. The van der Waals surface area contributed by atoms with E-state index in [1.165, 1.54) is 6.40 Å². The molecule has 0 unspecified atom stereocenters. The van der Waals surface area contributed by atoms with Crippen LogP contribution in [0.1, 0.15) is 20.7 Å². The number of hydrogen-bond donors (Lipinski definition) is 2. The minimum absolute atomic E-state index is 0.148. The Labute approximate surface area is 399 Å². The minimum Gasteiger partial charge on any atom is -0.446 e. The zero-order valence-corrected chi connectivity index (χ0v) is 37.3. The molecule has 0 aliphatic heterocycles. The summed E-state index contributed by atoms with van der Waals surface area (Å²) in [6, 6.07) is 66.4. The molecule has 0 radical (unpaired) electrons. The highest BCUT2D eigenvalue weighted by Gasteiger charge is 2.15. The van der Waals surface area contributed by atoms with Crippen LogP contribution in [0, 0.1) is 0 Å². The zero-order valence-electron chi connectivity index (χ0n) is 37.3. The number of aliphatic imine (C=N–C) groups is 1. The Hall–Kier alpha value is -9.67. The molecule has 0 aliphatic carbocycles. The quantitative estimate of drug-likeness (QED) is 0.0686. The number of rotatable bonds is 13. The van der Waals surface area contributed by atoms with Crippen LogP contribution in [0.4, 0.5) is 17.1 Å². The van der Waals surface area contributed by atoms with Gasteiger partial charge in [0.1, 0.15) is 5.75 Å². The van der Waals surface area contributed by atoms with Crippen molar-refractivity contribution in [3.63, 3.8) is 0 Å². The summed E-state index contributed by atoms with van der Waals surface area (Å²) in [5, 5.41) is 6.01. The molecule has 0 bridgehead atoms. The monoisotopic (exact) mass is 899 g/mol. The molecule has 4 aromatic heterocycles. The van der Waals surface area contributed by atoms with Gasteiger partial charge < -0.3 is 15.4 Å². The lowest BCUT2D eigenvalue weighted by molar-refractivity contribution is -0.596. The number of para-hydroxylation sites is 1. The Morgan fingerprint density at radius 3 is 1.32 bits per heavy atom. The van der Waals surface area contributed by atoms with Crippen LogP contribution in [0.3, 0.4) is 0 Å². The Morgan fingerprint density at radius 1 is 0.377 bits per heavy atom. The predicted octanol–water partition coefficient (Wildman–Crippen LogP) is 10.4. The number of carbonyl (C=O) groups is 2. The van der Waals surface area contributed by atoms with E-state index in [4.69, 9.17) is 4.74 Å². The highest BCUT2D eigenvalue weighted by atomic mass is 16.5. The number of ether oxygens (including phenoxy) is 1. The number of hydrogen-bond acceptors (Lipinski definition) is 4. The maximum Gasteiger partial charge on any atom is 0.255 e. The second-order valence-corrected chi connectivity index (χ2v) is 16.1. The molecule has 10 heteroatoms. The third kappa shape index (κ3) is 10.6. The summed E-state index contributed by atoms with van der Waals surface area (Å²) < 4.78 is 13.7. The van der Waals surface area contributed by atoms with Gasteiger partial charge in [-0.1, -0.05) is 48.5 Å². The number of nitrogens with one attached hydrogen (secondary N) is 2. The summed E-state index contributed by atoms with van der Waals surface area (Å²) in [7, 11) is 0. The molecule has 10 aromatic rings. The van der Waals surface area contributed by atoms with Gasteiger partial charge in [0.25, 0.3) is 11.8 Å². The molecule has 0 aliphatic rings. The van der Waals surface area contributed by atoms with Crippen LogP contribution in [0.15, 0.2) is 261 Å². The van der Waals surface area contributed by atoms with Crippen molar-refractivity contribution in [1.29, 1.82) is 0 Å². The molecule has 330 valence electrons. The van der Waals surface area contributed by atoms with E-state index in [0.29, 0.717) is 16.8 Å². The van der Waals surface area contributed by atoms with Gasteiger partial charge in [0.15, 0.2) is 56.0 Å². The highest BCUT2D eigenvalue weighted by molar-refractivity contribution is 6.05. The fourth-order valence-electron chi connectivity index (χ4n) is 7.79. The molecule has 2 N–H and O–H groups in total. The maximum absolute atomic E-state index is 13.3. The van der Waals surface area contributed by atoms with Crippen molar-refractivity contribution >= 4 is 35.3 Å². The van der Waals surface area contributed by atoms with E-state index >= 15 is 0 Å². The van der Waals surface area contributed by atoms with Gasteiger partial charge in [-0.3, -0.25) is 9.59 Å². The van der Waals surface area contributed by atoms with Crippen LogP contribution < -0.4 is 33.6 Å². The molecule has 6 aromatic carbocycles. The summed E-state index contributed by atoms with van der Waals surface area (Å²) in [5.74, 6) is 0.405. The molecule has 0 saturated heterocycles. The normalized spacial score (nSPS) is 11.0. The average Bonchev–Trinajstić information content (AvgIpc) is 3.42. The van der Waals surface area contributed by atoms with E-state index in [1.54, 1.807) is 12.1 Å². The van der Waals surface area contributed by atoms with Crippen molar-refractivity contribution in [1.82, 2.24) is 0 Å². The molecule has 10 nitrogen and oxygen atoms in total. The molecular weight excluding hydrogens is 855 g/mol. The van der Waals surface area contributed by atoms with Crippen LogP contribution in [-0.4, -0.2) is 18.2 Å². The zero-order chi connectivity index (χ0) is 46.8. The summed E-state index contributed by atoms with van der Waals surface area (Å²) in [6.45, 7) is 0. The van der Waals surface area contributed by atoms with Gasteiger partial charge in [-0.15, -0.1) is 0 Å². The summed E-state index contributed by atoms with van der Waals surface area (Å²) in [5.41, 5.74) is 11.5. The first-order chi connectivity index (χ1) is 34.0. The lowest BCUT2D eigenvalue weighted by atomic mass is 10.1. The molecule has 0 saturated carbocycles. The van der Waals surface area contributed by atoms with E-state index < -0.39 is 0 Å². The van der Waals surface area contributed by atoms with Gasteiger partial charge in [-0.05, 0) is 82.9 Å². The van der Waals surface area contributed by atoms with Crippen LogP contribution in [0.25, 0.3) is 45.0 Å². The average molecular weight is 900 g/mol. The molecule has 4 heterocycles. The predicted molar refractivity (Wildman–Crippen MR) is 267 cm³/mol. The smallest absolute Gasteiger partial charge is 0.255 e. The van der Waals surface area contributed by atoms with Crippen molar-refractivity contribution in [3.8, 4) is 50.8 Å². The third-order valence-electron chi connectivity index (χ3n) is 11.5. The summed E-state index contributed by atoms with van der Waals surface area (Å²) in [4.78, 5) is 30.4.